The van der Waals surface area contributed by atoms with Crippen LogP contribution in [0, 0.1) is 0 Å². The minimum atomic E-state index is 0. The fourth-order valence-corrected chi connectivity index (χ4v) is 0. The van der Waals surface area contributed by atoms with Gasteiger partial charge in [-0.1, -0.05) is 0 Å². The molecule has 0 fully saturated rings. The Bertz CT molecular complexity index is 13.5. The zero-order valence-corrected chi connectivity index (χ0v) is 9.10. The second kappa shape index (κ2) is 17.5. The molecular formula is H2CuMgTiZn. The summed E-state index contributed by atoms with van der Waals surface area (Å²) in [5.74, 6) is 0. The third kappa shape index (κ3) is 8.82. The molecule has 1 radical (unpaired) electrons. The average Bonchev–Trinajstić information content (AvgIpc) is 0. The Morgan fingerprint density at radius 1 is 1.25 bits per heavy atom. The smallest absolute Gasteiger partial charge is 1.00 e. The monoisotopic (exact) mass is 201 g/mol. The summed E-state index contributed by atoms with van der Waals surface area (Å²) >= 11 is 0. The predicted molar refractivity (Wildman–Crippen MR) is 7.98 cm³/mol. The van der Waals surface area contributed by atoms with Crippen LogP contribution in [-0.4, -0.2) is 23.1 Å². The van der Waals surface area contributed by atoms with E-state index in [0.717, 1.165) is 0 Å². The Labute approximate surface area is 83.1 Å². The van der Waals surface area contributed by atoms with Gasteiger partial charge in [-0.05, 0) is 0 Å². The van der Waals surface area contributed by atoms with E-state index >= 15 is 0 Å². The summed E-state index contributed by atoms with van der Waals surface area (Å²) in [5, 5.41) is 0. The summed E-state index contributed by atoms with van der Waals surface area (Å²) in [4.78, 5) is 0. The minimum absolute atomic E-state index is 0. The molecule has 0 rings (SSSR count). The molecule has 0 saturated carbocycles. The normalized spacial score (nSPS) is 0. The Kier molecular flexibility index (Phi) is 133. The molecule has 4 heavy (non-hydrogen) atoms. The second-order valence-corrected chi connectivity index (χ2v) is 0. The van der Waals surface area contributed by atoms with Crippen LogP contribution in [0.2, 0.25) is 0 Å². The summed E-state index contributed by atoms with van der Waals surface area (Å²) in [6.45, 7) is 0. The first-order valence-electron chi connectivity index (χ1n) is 0. The summed E-state index contributed by atoms with van der Waals surface area (Å²) in [5.41, 5.74) is 0. The van der Waals surface area contributed by atoms with Crippen molar-refractivity contribution in [3.63, 3.8) is 0 Å². The van der Waals surface area contributed by atoms with Crippen molar-refractivity contribution < 1.29 is 61.1 Å². The Balaban J connectivity index is 0. The van der Waals surface area contributed by atoms with Crippen molar-refractivity contribution in [2.45, 2.75) is 0 Å². The van der Waals surface area contributed by atoms with Gasteiger partial charge in [-0.3, -0.25) is 0 Å². The van der Waals surface area contributed by atoms with Crippen LogP contribution in [-0.2, 0) is 58.3 Å². The van der Waals surface area contributed by atoms with E-state index in [2.05, 4.69) is 0 Å². The summed E-state index contributed by atoms with van der Waals surface area (Å²) in [6, 6.07) is 0. The van der Waals surface area contributed by atoms with E-state index in [0.29, 0.717) is 0 Å². The molecular weight excluding hydrogens is 201 g/mol. The van der Waals surface area contributed by atoms with Crippen molar-refractivity contribution in [1.29, 1.82) is 0 Å². The van der Waals surface area contributed by atoms with Crippen molar-refractivity contribution >= 4 is 23.1 Å². The van der Waals surface area contributed by atoms with Gasteiger partial charge in [0.25, 0.3) is 0 Å². The van der Waals surface area contributed by atoms with E-state index < -0.39 is 0 Å². The first-order valence-corrected chi connectivity index (χ1v) is 0. The van der Waals surface area contributed by atoms with Crippen molar-refractivity contribution in [2.75, 3.05) is 0 Å². The Hall–Kier alpha value is 2.62. The molecule has 0 aromatic rings. The molecule has 0 heterocycles. The van der Waals surface area contributed by atoms with Crippen LogP contribution in [0.5, 0.6) is 0 Å². The topological polar surface area (TPSA) is 0 Å². The zero-order chi connectivity index (χ0) is 0. The van der Waals surface area contributed by atoms with Crippen molar-refractivity contribution in [2.24, 2.45) is 0 Å². The maximum atomic E-state index is 0. The molecule has 4 heteroatoms. The summed E-state index contributed by atoms with van der Waals surface area (Å²) < 4.78 is 0. The van der Waals surface area contributed by atoms with Gasteiger partial charge in [0.15, 0.2) is 0 Å². The van der Waals surface area contributed by atoms with Crippen LogP contribution < -0.4 is 0 Å². The Morgan fingerprint density at radius 2 is 1.25 bits per heavy atom. The van der Waals surface area contributed by atoms with Gasteiger partial charge < -0.3 is 2.85 Å². The summed E-state index contributed by atoms with van der Waals surface area (Å²) in [6.07, 6.45) is 0. The molecule has 0 spiro atoms. The third-order valence-corrected chi connectivity index (χ3v) is 0. The molecule has 0 N–H and O–H groups in total. The van der Waals surface area contributed by atoms with Crippen molar-refractivity contribution in [1.82, 2.24) is 0 Å². The van der Waals surface area contributed by atoms with E-state index in [1.165, 1.54) is 0 Å². The molecule has 0 unspecified atom stereocenters. The molecule has 0 amide bonds. The molecule has 21 valence electrons. The maximum Gasteiger partial charge on any atom is 2.00 e. The fourth-order valence-electron chi connectivity index (χ4n) is 0. The number of hydrogen-bond donors (Lipinski definition) is 0. The first-order chi connectivity index (χ1) is 0. The SMILES string of the molecule is [Cu].[H-].[H-].[Mg+2].[Ti].[Zn]. The van der Waals surface area contributed by atoms with Gasteiger partial charge in [-0.2, -0.15) is 0 Å². The zero-order valence-electron chi connectivity index (χ0n) is 4.22. The second-order valence-electron chi connectivity index (χ2n) is 0. The molecule has 0 aromatic carbocycles. The standard InChI is InChI=1S/Cu.Mg.Ti.Zn.2H/q;+2;;;2*-1. The van der Waals surface area contributed by atoms with E-state index in [1.807, 2.05) is 0 Å². The average molecular weight is 203 g/mol. The molecule has 0 aliphatic heterocycles. The molecule has 0 aromatic heterocycles. The number of hydrogen-bond acceptors (Lipinski definition) is 0. The molecule has 0 nitrogen and oxygen atoms in total. The van der Waals surface area contributed by atoms with Gasteiger partial charge in [0, 0.05) is 58.3 Å². The van der Waals surface area contributed by atoms with Crippen LogP contribution in [0.3, 0.4) is 0 Å². The maximum absolute atomic E-state index is 0. The van der Waals surface area contributed by atoms with E-state index in [1.54, 1.807) is 0 Å². The van der Waals surface area contributed by atoms with Gasteiger partial charge in [0.2, 0.25) is 0 Å². The van der Waals surface area contributed by atoms with Crippen molar-refractivity contribution in [3.8, 4) is 0 Å². The van der Waals surface area contributed by atoms with Gasteiger partial charge in [-0.15, -0.1) is 0 Å². The third-order valence-electron chi connectivity index (χ3n) is 0. The van der Waals surface area contributed by atoms with Crippen LogP contribution in [0.1, 0.15) is 2.85 Å². The fraction of sp³-hybridized carbons (Fsp3) is 0. The quantitative estimate of drug-likeness (QED) is 0.480. The van der Waals surface area contributed by atoms with Gasteiger partial charge in [0.05, 0.1) is 0 Å². The molecule has 0 saturated heterocycles. The van der Waals surface area contributed by atoms with Crippen LogP contribution in [0.15, 0.2) is 0 Å². The largest absolute Gasteiger partial charge is 2.00 e. The van der Waals surface area contributed by atoms with E-state index in [4.69, 9.17) is 0 Å². The Morgan fingerprint density at radius 3 is 1.25 bits per heavy atom. The van der Waals surface area contributed by atoms with Crippen LogP contribution >= 0.6 is 0 Å². The first kappa shape index (κ1) is 30.4. The van der Waals surface area contributed by atoms with Gasteiger partial charge in [-0.25, -0.2) is 0 Å². The van der Waals surface area contributed by atoms with E-state index in [-0.39, 0.29) is 84.2 Å². The molecule has 0 bridgehead atoms. The van der Waals surface area contributed by atoms with Gasteiger partial charge >= 0.3 is 23.1 Å². The van der Waals surface area contributed by atoms with Gasteiger partial charge in [0.1, 0.15) is 0 Å². The molecule has 0 aliphatic rings. The molecule has 0 aliphatic carbocycles. The molecule has 0 atom stereocenters. The number of rotatable bonds is 0. The van der Waals surface area contributed by atoms with Crippen LogP contribution in [0.25, 0.3) is 0 Å². The predicted octanol–water partition coefficient (Wildman–Crippen LogP) is -0.163. The van der Waals surface area contributed by atoms with Crippen molar-refractivity contribution in [3.05, 3.63) is 0 Å². The summed E-state index contributed by atoms with van der Waals surface area (Å²) in [7, 11) is 0. The van der Waals surface area contributed by atoms with E-state index in [9.17, 15) is 0 Å². The minimum Gasteiger partial charge on any atom is -1.00 e. The van der Waals surface area contributed by atoms with Crippen LogP contribution in [0.4, 0.5) is 0 Å².